The van der Waals surface area contributed by atoms with E-state index >= 15 is 0 Å². The molecule has 0 aliphatic carbocycles. The number of nitrogens with two attached hydrogens (primary N) is 1. The van der Waals surface area contributed by atoms with E-state index in [9.17, 15) is 14.4 Å². The van der Waals surface area contributed by atoms with E-state index in [0.717, 1.165) is 0 Å². The predicted molar refractivity (Wildman–Crippen MR) is 75.9 cm³/mol. The van der Waals surface area contributed by atoms with Gasteiger partial charge in [0.1, 0.15) is 0 Å². The van der Waals surface area contributed by atoms with E-state index in [-0.39, 0.29) is 18.1 Å². The lowest BCUT2D eigenvalue weighted by Gasteiger charge is -2.21. The van der Waals surface area contributed by atoms with Crippen LogP contribution in [0.1, 0.15) is 23.7 Å². The Hall–Kier alpha value is -2.57. The molecule has 3 amide bonds. The van der Waals surface area contributed by atoms with E-state index in [2.05, 4.69) is 5.32 Å². The van der Waals surface area contributed by atoms with Gasteiger partial charge < -0.3 is 21.1 Å². The summed E-state index contributed by atoms with van der Waals surface area (Å²) in [5, 5.41) is 11.5. The van der Waals surface area contributed by atoms with Crippen molar-refractivity contribution in [2.45, 2.75) is 13.3 Å². The quantitative estimate of drug-likeness (QED) is 0.774. The largest absolute Gasteiger partial charge is 0.478 e. The zero-order chi connectivity index (χ0) is 15.6. The van der Waals surface area contributed by atoms with Gasteiger partial charge in [-0.15, -0.1) is 0 Å². The van der Waals surface area contributed by atoms with E-state index in [1.54, 1.807) is 19.1 Å². The second-order valence-corrected chi connectivity index (χ2v) is 5.41. The highest BCUT2D eigenvalue weighted by Gasteiger charge is 2.40. The maximum Gasteiger partial charge on any atom is 0.335 e. The van der Waals surface area contributed by atoms with E-state index < -0.39 is 17.3 Å². The minimum absolute atomic E-state index is 0.0937. The number of carboxylic acid groups (broad SMARTS) is 1. The molecule has 7 heteroatoms. The Bertz CT molecular complexity index is 602. The lowest BCUT2D eigenvalue weighted by molar-refractivity contribution is -0.126. The highest BCUT2D eigenvalue weighted by atomic mass is 16.4. The molecule has 1 fully saturated rings. The normalized spacial score (nSPS) is 21.1. The van der Waals surface area contributed by atoms with Crippen LogP contribution < -0.4 is 11.1 Å². The van der Waals surface area contributed by atoms with Gasteiger partial charge in [-0.2, -0.15) is 0 Å². The third-order valence-electron chi connectivity index (χ3n) is 3.72. The second kappa shape index (κ2) is 5.43. The van der Waals surface area contributed by atoms with Gasteiger partial charge in [0.15, 0.2) is 0 Å². The third-order valence-corrected chi connectivity index (χ3v) is 3.72. The molecule has 1 saturated heterocycles. The number of primary amides is 1. The summed E-state index contributed by atoms with van der Waals surface area (Å²) in [5.41, 5.74) is 5.12. The van der Waals surface area contributed by atoms with Crippen molar-refractivity contribution in [2.24, 2.45) is 11.1 Å². The molecule has 1 heterocycles. The number of nitrogens with one attached hydrogen (secondary N) is 1. The summed E-state index contributed by atoms with van der Waals surface area (Å²) in [6, 6.07) is 5.61. The molecule has 1 aromatic rings. The fourth-order valence-corrected chi connectivity index (χ4v) is 2.27. The van der Waals surface area contributed by atoms with Crippen LogP contribution in [0.5, 0.6) is 0 Å². The molecule has 2 rings (SSSR count). The third kappa shape index (κ3) is 3.13. The van der Waals surface area contributed by atoms with Crippen molar-refractivity contribution < 1.29 is 19.5 Å². The summed E-state index contributed by atoms with van der Waals surface area (Å²) >= 11 is 0. The standard InChI is InChI=1S/C14H17N3O4/c1-14(12(15)20)5-6-17(8-14)13(21)16-10-4-2-3-9(7-10)11(18)19/h2-4,7H,5-6,8H2,1H3,(H2,15,20)(H,16,21)(H,18,19). The lowest BCUT2D eigenvalue weighted by Crippen LogP contribution is -2.40. The molecule has 0 saturated carbocycles. The fraction of sp³-hybridized carbons (Fsp3) is 0.357. The SMILES string of the molecule is CC1(C(N)=O)CCN(C(=O)Nc2cccc(C(=O)O)c2)C1. The van der Waals surface area contributed by atoms with Crippen molar-refractivity contribution in [2.75, 3.05) is 18.4 Å². The topological polar surface area (TPSA) is 113 Å². The molecule has 21 heavy (non-hydrogen) atoms. The van der Waals surface area contributed by atoms with Gasteiger partial charge >= 0.3 is 12.0 Å². The van der Waals surface area contributed by atoms with Crippen LogP contribution >= 0.6 is 0 Å². The Labute approximate surface area is 121 Å². The average molecular weight is 291 g/mol. The number of amides is 3. The van der Waals surface area contributed by atoms with Crippen molar-refractivity contribution >= 4 is 23.6 Å². The summed E-state index contributed by atoms with van der Waals surface area (Å²) in [4.78, 5) is 35.9. The number of urea groups is 1. The molecular weight excluding hydrogens is 274 g/mol. The molecule has 0 bridgehead atoms. The number of carbonyl (C=O) groups is 3. The fourth-order valence-electron chi connectivity index (χ4n) is 2.27. The Morgan fingerprint density at radius 2 is 2.10 bits per heavy atom. The monoisotopic (exact) mass is 291 g/mol. The Morgan fingerprint density at radius 1 is 1.38 bits per heavy atom. The Balaban J connectivity index is 2.04. The molecule has 0 aromatic heterocycles. The average Bonchev–Trinajstić information content (AvgIpc) is 2.83. The first-order chi connectivity index (χ1) is 9.82. The molecular formula is C14H17N3O4. The van der Waals surface area contributed by atoms with Gasteiger partial charge in [-0.3, -0.25) is 4.79 Å². The van der Waals surface area contributed by atoms with Crippen molar-refractivity contribution in [3.63, 3.8) is 0 Å². The number of benzene rings is 1. The van der Waals surface area contributed by atoms with E-state index in [1.807, 2.05) is 0 Å². The molecule has 1 aliphatic rings. The number of carbonyl (C=O) groups excluding carboxylic acids is 2. The summed E-state index contributed by atoms with van der Waals surface area (Å²) < 4.78 is 0. The van der Waals surface area contributed by atoms with Gasteiger partial charge in [0.05, 0.1) is 11.0 Å². The second-order valence-electron chi connectivity index (χ2n) is 5.41. The molecule has 1 atom stereocenters. The highest BCUT2D eigenvalue weighted by Crippen LogP contribution is 2.29. The van der Waals surface area contributed by atoms with Gasteiger partial charge in [0, 0.05) is 18.8 Å². The number of hydrogen-bond acceptors (Lipinski definition) is 3. The van der Waals surface area contributed by atoms with Crippen molar-refractivity contribution in [1.82, 2.24) is 4.90 Å². The molecule has 0 spiro atoms. The van der Waals surface area contributed by atoms with Gasteiger partial charge in [-0.25, -0.2) is 9.59 Å². The molecule has 1 aliphatic heterocycles. The first-order valence-corrected chi connectivity index (χ1v) is 6.51. The Morgan fingerprint density at radius 3 is 2.67 bits per heavy atom. The number of carboxylic acids is 1. The van der Waals surface area contributed by atoms with Crippen LogP contribution in [0.4, 0.5) is 10.5 Å². The molecule has 7 nitrogen and oxygen atoms in total. The van der Waals surface area contributed by atoms with E-state index in [4.69, 9.17) is 10.8 Å². The van der Waals surface area contributed by atoms with Crippen LogP contribution in [0, 0.1) is 5.41 Å². The zero-order valence-electron chi connectivity index (χ0n) is 11.6. The molecule has 4 N–H and O–H groups in total. The Kier molecular flexibility index (Phi) is 3.84. The van der Waals surface area contributed by atoms with Crippen molar-refractivity contribution in [1.29, 1.82) is 0 Å². The maximum absolute atomic E-state index is 12.1. The summed E-state index contributed by atoms with van der Waals surface area (Å²) in [5.74, 6) is -1.49. The van der Waals surface area contributed by atoms with Crippen LogP contribution in [0.25, 0.3) is 0 Å². The first-order valence-electron chi connectivity index (χ1n) is 6.51. The number of hydrogen-bond donors (Lipinski definition) is 3. The van der Waals surface area contributed by atoms with Crippen LogP contribution in [0.2, 0.25) is 0 Å². The number of anilines is 1. The summed E-state index contributed by atoms with van der Waals surface area (Å²) in [7, 11) is 0. The van der Waals surface area contributed by atoms with Gasteiger partial charge in [-0.05, 0) is 31.5 Å². The van der Waals surface area contributed by atoms with Crippen LogP contribution in [0.3, 0.4) is 0 Å². The summed E-state index contributed by atoms with van der Waals surface area (Å²) in [6.45, 7) is 2.42. The van der Waals surface area contributed by atoms with Crippen LogP contribution in [-0.4, -0.2) is 41.0 Å². The molecule has 1 aromatic carbocycles. The van der Waals surface area contributed by atoms with Gasteiger partial charge in [0.25, 0.3) is 0 Å². The minimum atomic E-state index is -1.06. The predicted octanol–water partition coefficient (Wildman–Crippen LogP) is 1.11. The van der Waals surface area contributed by atoms with Crippen LogP contribution in [-0.2, 0) is 4.79 Å². The van der Waals surface area contributed by atoms with Gasteiger partial charge in [-0.1, -0.05) is 6.07 Å². The zero-order valence-corrected chi connectivity index (χ0v) is 11.6. The molecule has 1 unspecified atom stereocenters. The number of likely N-dealkylation sites (tertiary alicyclic amines) is 1. The lowest BCUT2D eigenvalue weighted by atomic mass is 9.89. The minimum Gasteiger partial charge on any atom is -0.478 e. The molecule has 0 radical (unpaired) electrons. The maximum atomic E-state index is 12.1. The highest BCUT2D eigenvalue weighted by molar-refractivity contribution is 5.93. The first kappa shape index (κ1) is 14.8. The smallest absolute Gasteiger partial charge is 0.335 e. The van der Waals surface area contributed by atoms with Crippen molar-refractivity contribution in [3.8, 4) is 0 Å². The van der Waals surface area contributed by atoms with E-state index in [0.29, 0.717) is 18.7 Å². The van der Waals surface area contributed by atoms with Crippen LogP contribution in [0.15, 0.2) is 24.3 Å². The number of rotatable bonds is 3. The molecule has 112 valence electrons. The number of aromatic carboxylic acids is 1. The number of nitrogens with zero attached hydrogens (tertiary/aromatic N) is 1. The summed E-state index contributed by atoms with van der Waals surface area (Å²) in [6.07, 6.45) is 0.519. The van der Waals surface area contributed by atoms with Crippen molar-refractivity contribution in [3.05, 3.63) is 29.8 Å². The van der Waals surface area contributed by atoms with E-state index in [1.165, 1.54) is 17.0 Å². The van der Waals surface area contributed by atoms with Gasteiger partial charge in [0.2, 0.25) is 5.91 Å².